The molecule has 1 amide bonds. The van der Waals surface area contributed by atoms with Crippen molar-refractivity contribution < 1.29 is 4.79 Å². The van der Waals surface area contributed by atoms with Gasteiger partial charge in [-0.3, -0.25) is 20.2 Å². The Balaban J connectivity index is 1.12. The second-order valence-electron chi connectivity index (χ2n) is 10.1. The number of amides is 1. The van der Waals surface area contributed by atoms with Crippen LogP contribution in [0.25, 0.3) is 22.3 Å². The molecule has 0 bridgehead atoms. The fraction of sp³-hybridized carbons (Fsp3) is 0.200. The maximum Gasteiger partial charge on any atom is 0.255 e. The maximum atomic E-state index is 12.7. The van der Waals surface area contributed by atoms with Crippen molar-refractivity contribution in [3.8, 4) is 11.3 Å². The molecule has 39 heavy (non-hydrogen) atoms. The largest absolute Gasteiger partial charge is 0.341 e. The number of anilines is 1. The molecule has 4 atom stereocenters. The smallest absolute Gasteiger partial charge is 0.255 e. The lowest BCUT2D eigenvalue weighted by atomic mass is 9.82. The molecule has 0 saturated carbocycles. The predicted molar refractivity (Wildman–Crippen MR) is 150 cm³/mol. The number of nitrogens with zero attached hydrogens (tertiary/aromatic N) is 3. The van der Waals surface area contributed by atoms with Crippen LogP contribution in [0.15, 0.2) is 91.4 Å². The number of rotatable bonds is 5. The highest BCUT2D eigenvalue weighted by Gasteiger charge is 2.42. The van der Waals surface area contributed by atoms with Gasteiger partial charge in [0, 0.05) is 48.1 Å². The first kappa shape index (κ1) is 23.7. The number of hydrogen-bond donors (Lipinski definition) is 5. The molecule has 194 valence electrons. The van der Waals surface area contributed by atoms with Crippen molar-refractivity contribution in [2.45, 2.75) is 24.5 Å². The van der Waals surface area contributed by atoms with Crippen molar-refractivity contribution in [2.75, 3.05) is 11.9 Å². The van der Waals surface area contributed by atoms with Crippen molar-refractivity contribution in [2.24, 2.45) is 5.92 Å². The number of para-hydroxylation sites is 1. The van der Waals surface area contributed by atoms with Crippen LogP contribution in [0.2, 0.25) is 0 Å². The summed E-state index contributed by atoms with van der Waals surface area (Å²) < 4.78 is 0. The van der Waals surface area contributed by atoms with Crippen LogP contribution in [0.3, 0.4) is 0 Å². The molecule has 2 aromatic carbocycles. The third-order valence-electron chi connectivity index (χ3n) is 7.68. The zero-order valence-electron chi connectivity index (χ0n) is 21.1. The molecule has 2 aliphatic heterocycles. The minimum atomic E-state index is -0.148. The third-order valence-corrected chi connectivity index (χ3v) is 7.68. The normalized spacial score (nSPS) is 22.5. The van der Waals surface area contributed by atoms with E-state index in [1.807, 2.05) is 54.7 Å². The van der Waals surface area contributed by atoms with Gasteiger partial charge in [-0.05, 0) is 48.4 Å². The van der Waals surface area contributed by atoms with E-state index in [2.05, 4.69) is 48.6 Å². The Bertz CT molecular complexity index is 1620. The van der Waals surface area contributed by atoms with Gasteiger partial charge in [0.25, 0.3) is 5.91 Å². The molecule has 2 saturated heterocycles. The molecule has 0 radical (unpaired) electrons. The minimum absolute atomic E-state index is 0.0255. The van der Waals surface area contributed by atoms with Crippen LogP contribution in [0.1, 0.15) is 40.3 Å². The Hall–Kier alpha value is -4.44. The standard InChI is InChI=1S/C30H28N8O/c39-30(18-7-2-1-3-8-18)34-20-13-19(15-31-16-20)25-14-22-26(17-33-25)37-38-28(22)29-35-24-11-6-9-21(27(24)36-29)23-10-4-5-12-32-23/h1-13,15-16,22,25-26,28,33,37-38H,14,17H2,(H,34,39)(H,35,36). The number of fused-ring (bicyclic) bond motifs is 2. The van der Waals surface area contributed by atoms with Gasteiger partial charge in [-0.2, -0.15) is 0 Å². The van der Waals surface area contributed by atoms with E-state index in [9.17, 15) is 4.79 Å². The third kappa shape index (κ3) is 4.57. The second kappa shape index (κ2) is 10.0. The Kier molecular flexibility index (Phi) is 6.08. The molecule has 5 N–H and O–H groups in total. The minimum Gasteiger partial charge on any atom is -0.341 e. The van der Waals surface area contributed by atoms with Gasteiger partial charge in [-0.25, -0.2) is 10.4 Å². The van der Waals surface area contributed by atoms with Gasteiger partial charge in [-0.1, -0.05) is 36.4 Å². The van der Waals surface area contributed by atoms with E-state index in [0.29, 0.717) is 17.2 Å². The highest BCUT2D eigenvalue weighted by Crippen LogP contribution is 2.39. The summed E-state index contributed by atoms with van der Waals surface area (Å²) in [6.07, 6.45) is 6.25. The van der Waals surface area contributed by atoms with Gasteiger partial charge in [0.2, 0.25) is 0 Å². The van der Waals surface area contributed by atoms with E-state index in [0.717, 1.165) is 46.6 Å². The summed E-state index contributed by atoms with van der Waals surface area (Å²) in [4.78, 5) is 30.2. The molecule has 2 aliphatic rings. The van der Waals surface area contributed by atoms with Gasteiger partial charge in [0.15, 0.2) is 0 Å². The molecule has 7 rings (SSSR count). The van der Waals surface area contributed by atoms with Crippen LogP contribution in [0, 0.1) is 5.92 Å². The lowest BCUT2D eigenvalue weighted by Crippen LogP contribution is -2.46. The summed E-state index contributed by atoms with van der Waals surface area (Å²) in [6.45, 7) is 0.804. The number of benzene rings is 2. The van der Waals surface area contributed by atoms with Gasteiger partial charge in [0.05, 0.1) is 34.7 Å². The molecule has 4 unspecified atom stereocenters. The molecule has 2 fully saturated rings. The predicted octanol–water partition coefficient (Wildman–Crippen LogP) is 4.14. The monoisotopic (exact) mass is 516 g/mol. The Labute approximate surface area is 225 Å². The first-order valence-corrected chi connectivity index (χ1v) is 13.2. The quantitative estimate of drug-likeness (QED) is 0.238. The summed E-state index contributed by atoms with van der Waals surface area (Å²) in [5, 5.41) is 6.63. The topological polar surface area (TPSA) is 120 Å². The summed E-state index contributed by atoms with van der Waals surface area (Å²) in [5.41, 5.74) is 13.1. The van der Waals surface area contributed by atoms with E-state index in [1.165, 1.54) is 0 Å². The number of carbonyl (C=O) groups excluding carboxylic acids is 1. The number of carbonyl (C=O) groups is 1. The lowest BCUT2D eigenvalue weighted by molar-refractivity contribution is 0.102. The molecule has 0 spiro atoms. The average molecular weight is 517 g/mol. The van der Waals surface area contributed by atoms with Crippen LogP contribution < -0.4 is 21.5 Å². The number of pyridine rings is 2. The van der Waals surface area contributed by atoms with Crippen molar-refractivity contribution in [1.29, 1.82) is 0 Å². The van der Waals surface area contributed by atoms with Gasteiger partial charge in [0.1, 0.15) is 5.82 Å². The SMILES string of the molecule is O=C(Nc1cncc(C2CC3C(CN2)NNC3c2nc3c(-c4ccccn4)cccc3[nH]2)c1)c1ccccc1. The van der Waals surface area contributed by atoms with Crippen LogP contribution in [-0.4, -0.2) is 38.4 Å². The van der Waals surface area contributed by atoms with Crippen LogP contribution >= 0.6 is 0 Å². The maximum absolute atomic E-state index is 12.7. The highest BCUT2D eigenvalue weighted by molar-refractivity contribution is 6.04. The molecule has 5 aromatic rings. The zero-order valence-corrected chi connectivity index (χ0v) is 21.1. The fourth-order valence-corrected chi connectivity index (χ4v) is 5.73. The molecular formula is C30H28N8O. The van der Waals surface area contributed by atoms with Crippen molar-refractivity contribution >= 4 is 22.6 Å². The zero-order chi connectivity index (χ0) is 26.2. The summed E-state index contributed by atoms with van der Waals surface area (Å²) in [6, 6.07) is 23.7. The number of aromatic amines is 1. The number of H-pyrrole nitrogens is 1. The molecule has 5 heterocycles. The van der Waals surface area contributed by atoms with Crippen molar-refractivity contribution in [3.05, 3.63) is 108 Å². The van der Waals surface area contributed by atoms with E-state index < -0.39 is 0 Å². The van der Waals surface area contributed by atoms with E-state index in [1.54, 1.807) is 24.5 Å². The Morgan fingerprint density at radius 1 is 0.949 bits per heavy atom. The Morgan fingerprint density at radius 2 is 1.85 bits per heavy atom. The first-order chi connectivity index (χ1) is 19.2. The molecule has 9 heteroatoms. The molecular weight excluding hydrogens is 488 g/mol. The van der Waals surface area contributed by atoms with E-state index in [-0.39, 0.29) is 24.0 Å². The van der Waals surface area contributed by atoms with E-state index >= 15 is 0 Å². The number of hydrazine groups is 1. The first-order valence-electron chi connectivity index (χ1n) is 13.2. The number of piperidine rings is 1. The number of aromatic nitrogens is 4. The molecule has 0 aliphatic carbocycles. The van der Waals surface area contributed by atoms with Gasteiger partial charge >= 0.3 is 0 Å². The van der Waals surface area contributed by atoms with Crippen LogP contribution in [0.5, 0.6) is 0 Å². The lowest BCUT2D eigenvalue weighted by Gasteiger charge is -2.34. The second-order valence-corrected chi connectivity index (χ2v) is 10.1. The summed E-state index contributed by atoms with van der Waals surface area (Å²) in [5.74, 6) is 1.07. The van der Waals surface area contributed by atoms with Crippen LogP contribution in [0.4, 0.5) is 5.69 Å². The number of imidazole rings is 1. The van der Waals surface area contributed by atoms with Gasteiger partial charge < -0.3 is 15.6 Å². The van der Waals surface area contributed by atoms with Gasteiger partial charge in [-0.15, -0.1) is 0 Å². The number of hydrogen-bond acceptors (Lipinski definition) is 7. The number of nitrogens with one attached hydrogen (secondary N) is 5. The molecule has 9 nitrogen and oxygen atoms in total. The highest BCUT2D eigenvalue weighted by atomic mass is 16.1. The van der Waals surface area contributed by atoms with E-state index in [4.69, 9.17) is 4.98 Å². The average Bonchev–Trinajstić information content (AvgIpc) is 3.62. The van der Waals surface area contributed by atoms with Crippen LogP contribution in [-0.2, 0) is 0 Å². The van der Waals surface area contributed by atoms with Crippen molar-refractivity contribution in [3.63, 3.8) is 0 Å². The fourth-order valence-electron chi connectivity index (χ4n) is 5.73. The summed E-state index contributed by atoms with van der Waals surface area (Å²) in [7, 11) is 0. The van der Waals surface area contributed by atoms with Crippen molar-refractivity contribution in [1.82, 2.24) is 36.1 Å². The Morgan fingerprint density at radius 3 is 2.72 bits per heavy atom. The molecule has 3 aromatic heterocycles. The summed E-state index contributed by atoms with van der Waals surface area (Å²) >= 11 is 0.